The van der Waals surface area contributed by atoms with Gasteiger partial charge in [0.15, 0.2) is 11.6 Å². The maximum Gasteiger partial charge on any atom is 0.165 e. The molecule has 21 heavy (non-hydrogen) atoms. The molecule has 0 aliphatic carbocycles. The lowest BCUT2D eigenvalue weighted by Crippen LogP contribution is -2.10. The lowest BCUT2D eigenvalue weighted by molar-refractivity contribution is 0.112. The number of benzene rings is 2. The number of rotatable bonds is 4. The minimum Gasteiger partial charge on any atom is -0.486 e. The van der Waals surface area contributed by atoms with Gasteiger partial charge in [-0.2, -0.15) is 0 Å². The van der Waals surface area contributed by atoms with Crippen LogP contribution in [0.15, 0.2) is 42.5 Å². The van der Waals surface area contributed by atoms with E-state index in [2.05, 4.69) is 32.9 Å². The van der Waals surface area contributed by atoms with Gasteiger partial charge in [0.25, 0.3) is 0 Å². The molecule has 0 N–H and O–H groups in total. The summed E-state index contributed by atoms with van der Waals surface area (Å²) < 4.78 is 19.1. The van der Waals surface area contributed by atoms with Crippen LogP contribution in [0.25, 0.3) is 0 Å². The van der Waals surface area contributed by atoms with Crippen LogP contribution in [0.2, 0.25) is 0 Å². The number of ether oxygens (including phenoxy) is 1. The van der Waals surface area contributed by atoms with E-state index < -0.39 is 5.82 Å². The van der Waals surface area contributed by atoms with Crippen LogP contribution in [0, 0.1) is 5.82 Å². The van der Waals surface area contributed by atoms with Gasteiger partial charge < -0.3 is 4.74 Å². The molecule has 0 heterocycles. The van der Waals surface area contributed by atoms with Crippen molar-refractivity contribution in [1.82, 2.24) is 0 Å². The lowest BCUT2D eigenvalue weighted by Gasteiger charge is -2.19. The largest absolute Gasteiger partial charge is 0.486 e. The van der Waals surface area contributed by atoms with Crippen molar-refractivity contribution in [3.8, 4) is 5.75 Å². The van der Waals surface area contributed by atoms with E-state index in [9.17, 15) is 9.18 Å². The summed E-state index contributed by atoms with van der Waals surface area (Å²) >= 11 is 0. The van der Waals surface area contributed by atoms with Crippen molar-refractivity contribution in [3.05, 3.63) is 65.0 Å². The molecule has 2 nitrogen and oxygen atoms in total. The molecule has 110 valence electrons. The van der Waals surface area contributed by atoms with Crippen LogP contribution in [-0.4, -0.2) is 6.29 Å². The van der Waals surface area contributed by atoms with Gasteiger partial charge >= 0.3 is 0 Å². The minimum absolute atomic E-state index is 0.107. The van der Waals surface area contributed by atoms with Gasteiger partial charge in [-0.1, -0.05) is 45.0 Å². The quantitative estimate of drug-likeness (QED) is 0.773. The van der Waals surface area contributed by atoms with Crippen molar-refractivity contribution in [2.24, 2.45) is 0 Å². The van der Waals surface area contributed by atoms with Crippen molar-refractivity contribution in [2.75, 3.05) is 0 Å². The molecule has 2 rings (SSSR count). The third-order valence-corrected chi connectivity index (χ3v) is 3.31. The van der Waals surface area contributed by atoms with E-state index in [-0.39, 0.29) is 11.2 Å². The van der Waals surface area contributed by atoms with Crippen LogP contribution in [0.1, 0.15) is 42.3 Å². The second-order valence-electron chi connectivity index (χ2n) is 6.04. The molecular formula is C18H19FO2. The fraction of sp³-hybridized carbons (Fsp3) is 0.278. The Morgan fingerprint density at radius 1 is 1.10 bits per heavy atom. The standard InChI is InChI=1S/C18H19FO2/c1-18(2,3)15-7-4-13(5-8-15)12-21-17-9-6-14(11-20)10-16(17)19/h4-11H,12H2,1-3H3. The first-order chi connectivity index (χ1) is 9.90. The predicted molar refractivity (Wildman–Crippen MR) is 81.3 cm³/mol. The molecule has 0 atom stereocenters. The van der Waals surface area contributed by atoms with Gasteiger partial charge in [-0.15, -0.1) is 0 Å². The Hall–Kier alpha value is -2.16. The summed E-state index contributed by atoms with van der Waals surface area (Å²) in [7, 11) is 0. The Kier molecular flexibility index (Phi) is 4.41. The van der Waals surface area contributed by atoms with E-state index in [1.165, 1.54) is 23.8 Å². The van der Waals surface area contributed by atoms with Gasteiger partial charge in [-0.25, -0.2) is 4.39 Å². The average Bonchev–Trinajstić information content (AvgIpc) is 2.45. The van der Waals surface area contributed by atoms with Crippen LogP contribution in [0.5, 0.6) is 5.75 Å². The van der Waals surface area contributed by atoms with E-state index in [4.69, 9.17) is 4.74 Å². The van der Waals surface area contributed by atoms with E-state index in [1.54, 1.807) is 0 Å². The maximum absolute atomic E-state index is 13.7. The highest BCUT2D eigenvalue weighted by molar-refractivity contribution is 5.74. The van der Waals surface area contributed by atoms with E-state index in [0.29, 0.717) is 18.5 Å². The number of halogens is 1. The first-order valence-corrected chi connectivity index (χ1v) is 6.87. The first-order valence-electron chi connectivity index (χ1n) is 6.87. The summed E-state index contributed by atoms with van der Waals surface area (Å²) in [4.78, 5) is 10.6. The number of carbonyl (C=O) groups excluding carboxylic acids is 1. The summed E-state index contributed by atoms with van der Waals surface area (Å²) in [5.41, 5.74) is 2.62. The van der Waals surface area contributed by atoms with Gasteiger partial charge in [-0.3, -0.25) is 4.79 Å². The summed E-state index contributed by atoms with van der Waals surface area (Å²) in [5, 5.41) is 0. The normalized spacial score (nSPS) is 11.2. The SMILES string of the molecule is CC(C)(C)c1ccc(COc2ccc(C=O)cc2F)cc1. The van der Waals surface area contributed by atoms with Crippen LogP contribution >= 0.6 is 0 Å². The summed E-state index contributed by atoms with van der Waals surface area (Å²) in [5.74, 6) is -0.369. The van der Waals surface area contributed by atoms with Gasteiger partial charge in [-0.05, 0) is 34.7 Å². The third-order valence-electron chi connectivity index (χ3n) is 3.31. The van der Waals surface area contributed by atoms with Gasteiger partial charge in [0, 0.05) is 5.56 Å². The Bertz CT molecular complexity index is 625. The highest BCUT2D eigenvalue weighted by Crippen LogP contribution is 2.23. The van der Waals surface area contributed by atoms with E-state index >= 15 is 0 Å². The Morgan fingerprint density at radius 2 is 1.76 bits per heavy atom. The molecule has 0 aliphatic heterocycles. The van der Waals surface area contributed by atoms with Crippen molar-refractivity contribution >= 4 is 6.29 Å². The molecule has 0 fully saturated rings. The number of aldehydes is 1. The topological polar surface area (TPSA) is 26.3 Å². The molecule has 0 spiro atoms. The van der Waals surface area contributed by atoms with E-state index in [1.807, 2.05) is 12.1 Å². The molecule has 0 aromatic heterocycles. The van der Waals surface area contributed by atoms with Crippen molar-refractivity contribution in [1.29, 1.82) is 0 Å². The Labute approximate surface area is 124 Å². The van der Waals surface area contributed by atoms with Gasteiger partial charge in [0.1, 0.15) is 12.9 Å². The highest BCUT2D eigenvalue weighted by Gasteiger charge is 2.13. The Morgan fingerprint density at radius 3 is 2.29 bits per heavy atom. The zero-order chi connectivity index (χ0) is 15.5. The lowest BCUT2D eigenvalue weighted by atomic mass is 9.87. The van der Waals surface area contributed by atoms with Crippen LogP contribution < -0.4 is 4.74 Å². The summed E-state index contributed by atoms with van der Waals surface area (Å²) in [6, 6.07) is 12.3. The number of carbonyl (C=O) groups is 1. The molecule has 0 saturated heterocycles. The monoisotopic (exact) mass is 286 g/mol. The van der Waals surface area contributed by atoms with Crippen LogP contribution in [-0.2, 0) is 12.0 Å². The zero-order valence-corrected chi connectivity index (χ0v) is 12.5. The molecule has 0 amide bonds. The second-order valence-corrected chi connectivity index (χ2v) is 6.04. The zero-order valence-electron chi connectivity index (χ0n) is 12.5. The van der Waals surface area contributed by atoms with Crippen molar-refractivity contribution in [2.45, 2.75) is 32.8 Å². The summed E-state index contributed by atoms with van der Waals surface area (Å²) in [6.45, 7) is 6.76. The minimum atomic E-state index is -0.522. The highest BCUT2D eigenvalue weighted by atomic mass is 19.1. The molecule has 2 aromatic rings. The van der Waals surface area contributed by atoms with Crippen molar-refractivity contribution in [3.63, 3.8) is 0 Å². The molecule has 3 heteroatoms. The second kappa shape index (κ2) is 6.08. The Balaban J connectivity index is 2.05. The third kappa shape index (κ3) is 3.91. The van der Waals surface area contributed by atoms with Crippen LogP contribution in [0.4, 0.5) is 4.39 Å². The molecule has 0 radical (unpaired) electrons. The number of hydrogen-bond donors (Lipinski definition) is 0. The molecular weight excluding hydrogens is 267 g/mol. The molecule has 0 saturated carbocycles. The fourth-order valence-corrected chi connectivity index (χ4v) is 1.97. The average molecular weight is 286 g/mol. The van der Waals surface area contributed by atoms with Gasteiger partial charge in [0.05, 0.1) is 0 Å². The van der Waals surface area contributed by atoms with Gasteiger partial charge in [0.2, 0.25) is 0 Å². The molecule has 2 aromatic carbocycles. The predicted octanol–water partition coefficient (Wildman–Crippen LogP) is 4.51. The first kappa shape index (κ1) is 15.2. The van der Waals surface area contributed by atoms with E-state index in [0.717, 1.165) is 5.56 Å². The fourth-order valence-electron chi connectivity index (χ4n) is 1.97. The van der Waals surface area contributed by atoms with Crippen LogP contribution in [0.3, 0.4) is 0 Å². The smallest absolute Gasteiger partial charge is 0.165 e. The molecule has 0 bridgehead atoms. The maximum atomic E-state index is 13.7. The van der Waals surface area contributed by atoms with Crippen molar-refractivity contribution < 1.29 is 13.9 Å². The summed E-state index contributed by atoms with van der Waals surface area (Å²) in [6.07, 6.45) is 0.609. The molecule has 0 aliphatic rings. The number of hydrogen-bond acceptors (Lipinski definition) is 2. The molecule has 0 unspecified atom stereocenters.